The van der Waals surface area contributed by atoms with Gasteiger partial charge < -0.3 is 10.2 Å². The van der Waals surface area contributed by atoms with Gasteiger partial charge in [-0.3, -0.25) is 9.59 Å². The Bertz CT molecular complexity index is 511. The molecule has 4 heteroatoms. The van der Waals surface area contributed by atoms with Crippen LogP contribution in [-0.4, -0.2) is 35.8 Å². The van der Waals surface area contributed by atoms with E-state index in [0.29, 0.717) is 18.5 Å². The number of carbonyl (C=O) groups is 2. The summed E-state index contributed by atoms with van der Waals surface area (Å²) in [6, 6.07) is 7.76. The topological polar surface area (TPSA) is 49.4 Å². The van der Waals surface area contributed by atoms with Crippen LogP contribution in [0.3, 0.4) is 0 Å². The van der Waals surface area contributed by atoms with E-state index in [0.717, 1.165) is 12.1 Å². The molecule has 1 aliphatic heterocycles. The molecule has 1 fully saturated rings. The highest BCUT2D eigenvalue weighted by Crippen LogP contribution is 2.19. The van der Waals surface area contributed by atoms with Crippen molar-refractivity contribution in [3.8, 4) is 0 Å². The maximum absolute atomic E-state index is 12.0. The van der Waals surface area contributed by atoms with E-state index in [1.807, 2.05) is 49.9 Å². The van der Waals surface area contributed by atoms with Gasteiger partial charge in [0.25, 0.3) is 5.91 Å². The molecule has 1 heterocycles. The van der Waals surface area contributed by atoms with E-state index >= 15 is 0 Å². The van der Waals surface area contributed by atoms with Crippen LogP contribution < -0.4 is 5.32 Å². The summed E-state index contributed by atoms with van der Waals surface area (Å²) in [4.78, 5) is 25.7. The van der Waals surface area contributed by atoms with E-state index in [1.54, 1.807) is 0 Å². The standard InChI is InChI=1S/C16H22N2O2/c1-11(2)18-10-13(8-15(18)19)9-17-16(20)14-6-4-5-12(3)7-14/h4-7,11,13H,8-10H2,1-3H3,(H,17,20). The molecule has 0 aromatic heterocycles. The Morgan fingerprint density at radius 1 is 1.45 bits per heavy atom. The van der Waals surface area contributed by atoms with Crippen LogP contribution >= 0.6 is 0 Å². The van der Waals surface area contributed by atoms with Crippen LogP contribution in [0.15, 0.2) is 24.3 Å². The zero-order chi connectivity index (χ0) is 14.7. The zero-order valence-electron chi connectivity index (χ0n) is 12.3. The molecule has 0 spiro atoms. The number of nitrogens with zero attached hydrogens (tertiary/aromatic N) is 1. The van der Waals surface area contributed by atoms with Crippen molar-refractivity contribution in [2.24, 2.45) is 5.92 Å². The molecule has 1 unspecified atom stereocenters. The normalized spacial score (nSPS) is 18.7. The van der Waals surface area contributed by atoms with Crippen LogP contribution in [0.5, 0.6) is 0 Å². The van der Waals surface area contributed by atoms with Crippen molar-refractivity contribution >= 4 is 11.8 Å². The van der Waals surface area contributed by atoms with Gasteiger partial charge in [-0.2, -0.15) is 0 Å². The fourth-order valence-electron chi connectivity index (χ4n) is 2.57. The zero-order valence-corrected chi connectivity index (χ0v) is 12.3. The van der Waals surface area contributed by atoms with Crippen molar-refractivity contribution in [3.05, 3.63) is 35.4 Å². The summed E-state index contributed by atoms with van der Waals surface area (Å²) in [5.41, 5.74) is 1.75. The molecular weight excluding hydrogens is 252 g/mol. The molecule has 1 aromatic carbocycles. The molecule has 1 aliphatic rings. The average Bonchev–Trinajstić information content (AvgIpc) is 2.77. The Morgan fingerprint density at radius 2 is 2.20 bits per heavy atom. The predicted molar refractivity (Wildman–Crippen MR) is 78.5 cm³/mol. The van der Waals surface area contributed by atoms with Crippen molar-refractivity contribution in [2.75, 3.05) is 13.1 Å². The van der Waals surface area contributed by atoms with Crippen molar-refractivity contribution in [2.45, 2.75) is 33.2 Å². The molecule has 0 aliphatic carbocycles. The first-order valence-electron chi connectivity index (χ1n) is 7.11. The van der Waals surface area contributed by atoms with E-state index in [1.165, 1.54) is 0 Å². The molecular formula is C16H22N2O2. The number of hydrogen-bond acceptors (Lipinski definition) is 2. The van der Waals surface area contributed by atoms with Crippen LogP contribution in [0.25, 0.3) is 0 Å². The first kappa shape index (κ1) is 14.6. The van der Waals surface area contributed by atoms with Crippen LogP contribution in [0.4, 0.5) is 0 Å². The monoisotopic (exact) mass is 274 g/mol. The summed E-state index contributed by atoms with van der Waals surface area (Å²) >= 11 is 0. The summed E-state index contributed by atoms with van der Waals surface area (Å²) in [6.45, 7) is 7.30. The summed E-state index contributed by atoms with van der Waals surface area (Å²) in [6.07, 6.45) is 0.534. The maximum Gasteiger partial charge on any atom is 0.251 e. The highest BCUT2D eigenvalue weighted by Gasteiger charge is 2.31. The van der Waals surface area contributed by atoms with Crippen LogP contribution in [-0.2, 0) is 4.79 Å². The SMILES string of the molecule is Cc1cccc(C(=O)NCC2CC(=O)N(C(C)C)C2)c1. The molecule has 0 bridgehead atoms. The molecule has 2 amide bonds. The average molecular weight is 274 g/mol. The lowest BCUT2D eigenvalue weighted by atomic mass is 10.1. The number of amides is 2. The van der Waals surface area contributed by atoms with Gasteiger partial charge in [-0.15, -0.1) is 0 Å². The molecule has 1 saturated heterocycles. The molecule has 1 N–H and O–H groups in total. The van der Waals surface area contributed by atoms with Gasteiger partial charge in [0.1, 0.15) is 0 Å². The second-order valence-electron chi connectivity index (χ2n) is 5.79. The minimum Gasteiger partial charge on any atom is -0.352 e. The maximum atomic E-state index is 12.0. The summed E-state index contributed by atoms with van der Waals surface area (Å²) in [7, 11) is 0. The van der Waals surface area contributed by atoms with Gasteiger partial charge in [-0.25, -0.2) is 0 Å². The number of rotatable bonds is 4. The van der Waals surface area contributed by atoms with Gasteiger partial charge in [0.2, 0.25) is 5.91 Å². The van der Waals surface area contributed by atoms with E-state index in [-0.39, 0.29) is 23.8 Å². The second-order valence-corrected chi connectivity index (χ2v) is 5.79. The third-order valence-electron chi connectivity index (χ3n) is 3.69. The molecule has 20 heavy (non-hydrogen) atoms. The number of carbonyl (C=O) groups excluding carboxylic acids is 2. The molecule has 4 nitrogen and oxygen atoms in total. The fourth-order valence-corrected chi connectivity index (χ4v) is 2.57. The lowest BCUT2D eigenvalue weighted by Gasteiger charge is -2.21. The fraction of sp³-hybridized carbons (Fsp3) is 0.500. The van der Waals surface area contributed by atoms with Gasteiger partial charge in [-0.05, 0) is 32.9 Å². The van der Waals surface area contributed by atoms with Crippen LogP contribution in [0.1, 0.15) is 36.2 Å². The van der Waals surface area contributed by atoms with Gasteiger partial charge in [0, 0.05) is 37.0 Å². The molecule has 0 radical (unpaired) electrons. The molecule has 108 valence electrons. The third kappa shape index (κ3) is 3.38. The minimum absolute atomic E-state index is 0.0656. The number of likely N-dealkylation sites (tertiary alicyclic amines) is 1. The van der Waals surface area contributed by atoms with Crippen molar-refractivity contribution in [1.29, 1.82) is 0 Å². The Labute approximate surface area is 120 Å². The van der Waals surface area contributed by atoms with Crippen LogP contribution in [0, 0.1) is 12.8 Å². The Balaban J connectivity index is 1.87. The number of nitrogens with one attached hydrogen (secondary N) is 1. The summed E-state index contributed by atoms with van der Waals surface area (Å²) < 4.78 is 0. The van der Waals surface area contributed by atoms with Gasteiger partial charge in [0.05, 0.1) is 0 Å². The van der Waals surface area contributed by atoms with Crippen molar-refractivity contribution in [1.82, 2.24) is 10.2 Å². The number of aryl methyl sites for hydroxylation is 1. The lowest BCUT2D eigenvalue weighted by Crippen LogP contribution is -2.34. The largest absolute Gasteiger partial charge is 0.352 e. The quantitative estimate of drug-likeness (QED) is 0.912. The molecule has 2 rings (SSSR count). The highest BCUT2D eigenvalue weighted by atomic mass is 16.2. The predicted octanol–water partition coefficient (Wildman–Crippen LogP) is 1.98. The Kier molecular flexibility index (Phi) is 4.42. The molecule has 1 aromatic rings. The summed E-state index contributed by atoms with van der Waals surface area (Å²) in [5.74, 6) is 0.345. The minimum atomic E-state index is -0.0656. The highest BCUT2D eigenvalue weighted by molar-refractivity contribution is 5.94. The third-order valence-corrected chi connectivity index (χ3v) is 3.69. The molecule has 1 atom stereocenters. The van der Waals surface area contributed by atoms with Gasteiger partial charge >= 0.3 is 0 Å². The number of hydrogen-bond donors (Lipinski definition) is 1. The second kappa shape index (κ2) is 6.07. The first-order chi connectivity index (χ1) is 9.47. The van der Waals surface area contributed by atoms with Gasteiger partial charge in [-0.1, -0.05) is 17.7 Å². The lowest BCUT2D eigenvalue weighted by molar-refractivity contribution is -0.129. The van der Waals surface area contributed by atoms with Gasteiger partial charge in [0.15, 0.2) is 0 Å². The van der Waals surface area contributed by atoms with E-state index in [9.17, 15) is 9.59 Å². The van der Waals surface area contributed by atoms with Crippen LogP contribution in [0.2, 0.25) is 0 Å². The smallest absolute Gasteiger partial charge is 0.251 e. The van der Waals surface area contributed by atoms with Crippen molar-refractivity contribution < 1.29 is 9.59 Å². The Morgan fingerprint density at radius 3 is 2.80 bits per heavy atom. The van der Waals surface area contributed by atoms with Crippen molar-refractivity contribution in [3.63, 3.8) is 0 Å². The van der Waals surface area contributed by atoms with E-state index < -0.39 is 0 Å². The number of benzene rings is 1. The van der Waals surface area contributed by atoms with E-state index in [4.69, 9.17) is 0 Å². The summed E-state index contributed by atoms with van der Waals surface area (Å²) in [5, 5.41) is 2.93. The molecule has 0 saturated carbocycles. The first-order valence-corrected chi connectivity index (χ1v) is 7.11. The Hall–Kier alpha value is -1.84. The van der Waals surface area contributed by atoms with E-state index in [2.05, 4.69) is 5.32 Å².